The van der Waals surface area contributed by atoms with E-state index in [1.165, 1.54) is 11.3 Å². The predicted molar refractivity (Wildman–Crippen MR) is 90.7 cm³/mol. The first-order valence-electron chi connectivity index (χ1n) is 7.42. The van der Waals surface area contributed by atoms with Crippen molar-refractivity contribution in [3.05, 3.63) is 46.3 Å². The van der Waals surface area contributed by atoms with E-state index in [9.17, 15) is 4.79 Å². The minimum Gasteiger partial charge on any atom is -0.376 e. The summed E-state index contributed by atoms with van der Waals surface area (Å²) in [5, 5.41) is 3.75. The second-order valence-corrected chi connectivity index (χ2v) is 7.00. The third-order valence-corrected chi connectivity index (χ3v) is 5.22. The van der Waals surface area contributed by atoms with Gasteiger partial charge in [-0.1, -0.05) is 23.7 Å². The van der Waals surface area contributed by atoms with Gasteiger partial charge in [0.05, 0.1) is 17.0 Å². The Bertz CT molecular complexity index is 647. The molecule has 1 N–H and O–H groups in total. The van der Waals surface area contributed by atoms with Crippen molar-refractivity contribution in [2.24, 2.45) is 0 Å². The fourth-order valence-electron chi connectivity index (χ4n) is 2.60. The van der Waals surface area contributed by atoms with Gasteiger partial charge in [0, 0.05) is 16.5 Å². The molecule has 0 bridgehead atoms. The molecule has 0 aliphatic carbocycles. The van der Waals surface area contributed by atoms with E-state index in [1.807, 2.05) is 43.3 Å². The van der Waals surface area contributed by atoms with Crippen LogP contribution in [0.25, 0.3) is 10.4 Å². The average molecular weight is 336 g/mol. The molecule has 5 heteroatoms. The Morgan fingerprint density at radius 2 is 2.09 bits per heavy atom. The Balaban J connectivity index is 1.67. The lowest BCUT2D eigenvalue weighted by Gasteiger charge is -2.19. The quantitative estimate of drug-likeness (QED) is 0.901. The highest BCUT2D eigenvalue weighted by molar-refractivity contribution is 7.17. The molecule has 2 heterocycles. The van der Waals surface area contributed by atoms with E-state index in [2.05, 4.69) is 5.32 Å². The van der Waals surface area contributed by atoms with Gasteiger partial charge >= 0.3 is 0 Å². The van der Waals surface area contributed by atoms with Crippen molar-refractivity contribution in [3.8, 4) is 10.4 Å². The van der Waals surface area contributed by atoms with Gasteiger partial charge < -0.3 is 10.1 Å². The number of hydrogen-bond acceptors (Lipinski definition) is 3. The van der Waals surface area contributed by atoms with Gasteiger partial charge in [0.25, 0.3) is 5.91 Å². The fraction of sp³-hybridized carbons (Fsp3) is 0.353. The monoisotopic (exact) mass is 335 g/mol. The first kappa shape index (κ1) is 15.5. The molecule has 1 aliphatic rings. The Morgan fingerprint density at radius 1 is 1.32 bits per heavy atom. The Kier molecular flexibility index (Phi) is 4.81. The van der Waals surface area contributed by atoms with E-state index in [-0.39, 0.29) is 18.1 Å². The zero-order chi connectivity index (χ0) is 15.5. The van der Waals surface area contributed by atoms with Crippen LogP contribution in [0, 0.1) is 0 Å². The summed E-state index contributed by atoms with van der Waals surface area (Å²) in [7, 11) is 0. The maximum Gasteiger partial charge on any atom is 0.261 e. The van der Waals surface area contributed by atoms with Gasteiger partial charge in [-0.2, -0.15) is 0 Å². The Morgan fingerprint density at radius 3 is 2.77 bits per heavy atom. The van der Waals surface area contributed by atoms with Crippen LogP contribution in [0.1, 0.15) is 29.4 Å². The molecule has 1 fully saturated rings. The minimum absolute atomic E-state index is 0.0341. The van der Waals surface area contributed by atoms with E-state index in [1.54, 1.807) is 0 Å². The topological polar surface area (TPSA) is 38.3 Å². The zero-order valence-electron chi connectivity index (χ0n) is 12.3. The number of hydrogen-bond donors (Lipinski definition) is 1. The molecule has 0 radical (unpaired) electrons. The van der Waals surface area contributed by atoms with Crippen LogP contribution < -0.4 is 5.32 Å². The summed E-state index contributed by atoms with van der Waals surface area (Å²) >= 11 is 7.39. The third-order valence-electron chi connectivity index (χ3n) is 3.84. The summed E-state index contributed by atoms with van der Waals surface area (Å²) in [5.74, 6) is -0.0341. The fourth-order valence-corrected chi connectivity index (χ4v) is 3.64. The van der Waals surface area contributed by atoms with Crippen molar-refractivity contribution < 1.29 is 9.53 Å². The molecule has 2 atom stereocenters. The minimum atomic E-state index is -0.0341. The van der Waals surface area contributed by atoms with Crippen LogP contribution in [0.4, 0.5) is 0 Å². The standard InChI is InChI=1S/C17H18ClNO2S/c1-11(14-3-2-10-21-14)19-17(20)16-9-8-15(22-16)12-4-6-13(18)7-5-12/h4-9,11,14H,2-3,10H2,1H3,(H,19,20). The lowest BCUT2D eigenvalue weighted by Crippen LogP contribution is -2.40. The van der Waals surface area contributed by atoms with E-state index in [0.717, 1.165) is 34.8 Å². The molecule has 1 aliphatic heterocycles. The molecular weight excluding hydrogens is 318 g/mol. The van der Waals surface area contributed by atoms with Crippen molar-refractivity contribution in [3.63, 3.8) is 0 Å². The molecule has 3 nitrogen and oxygen atoms in total. The van der Waals surface area contributed by atoms with Gasteiger partial charge in [0.15, 0.2) is 0 Å². The first-order valence-corrected chi connectivity index (χ1v) is 8.61. The predicted octanol–water partition coefficient (Wildman–Crippen LogP) is 4.37. The van der Waals surface area contributed by atoms with E-state index < -0.39 is 0 Å². The first-order chi connectivity index (χ1) is 10.6. The zero-order valence-corrected chi connectivity index (χ0v) is 13.9. The summed E-state index contributed by atoms with van der Waals surface area (Å²) < 4.78 is 5.61. The molecule has 0 spiro atoms. The second kappa shape index (κ2) is 6.82. The van der Waals surface area contributed by atoms with Crippen LogP contribution >= 0.6 is 22.9 Å². The summed E-state index contributed by atoms with van der Waals surface area (Å²) in [6.45, 7) is 2.80. The molecule has 1 aromatic heterocycles. The number of carbonyl (C=O) groups excluding carboxylic acids is 1. The van der Waals surface area contributed by atoms with Crippen LogP contribution in [0.15, 0.2) is 36.4 Å². The highest BCUT2D eigenvalue weighted by Gasteiger charge is 2.24. The van der Waals surface area contributed by atoms with Crippen LogP contribution in [-0.4, -0.2) is 24.7 Å². The number of benzene rings is 1. The highest BCUT2D eigenvalue weighted by atomic mass is 35.5. The molecule has 2 unspecified atom stereocenters. The SMILES string of the molecule is CC(NC(=O)c1ccc(-c2ccc(Cl)cc2)s1)C1CCCO1. The Labute approximate surface area is 139 Å². The normalized spacial score (nSPS) is 19.1. The summed E-state index contributed by atoms with van der Waals surface area (Å²) in [5.41, 5.74) is 1.07. The molecule has 2 aromatic rings. The van der Waals surface area contributed by atoms with Crippen LogP contribution in [0.2, 0.25) is 5.02 Å². The maximum atomic E-state index is 12.3. The molecule has 1 amide bonds. The van der Waals surface area contributed by atoms with Crippen molar-refractivity contribution in [1.82, 2.24) is 5.32 Å². The molecule has 1 aromatic carbocycles. The summed E-state index contributed by atoms with van der Waals surface area (Å²) in [4.78, 5) is 14.1. The highest BCUT2D eigenvalue weighted by Crippen LogP contribution is 2.29. The average Bonchev–Trinajstić information content (AvgIpc) is 3.20. The molecular formula is C17H18ClNO2S. The molecule has 1 saturated heterocycles. The lowest BCUT2D eigenvalue weighted by atomic mass is 10.1. The number of amides is 1. The number of nitrogens with one attached hydrogen (secondary N) is 1. The number of ether oxygens (including phenoxy) is 1. The van der Waals surface area contributed by atoms with E-state index in [0.29, 0.717) is 5.02 Å². The second-order valence-electron chi connectivity index (χ2n) is 5.48. The number of halogens is 1. The van der Waals surface area contributed by atoms with Crippen LogP contribution in [0.3, 0.4) is 0 Å². The van der Waals surface area contributed by atoms with Gasteiger partial charge in [0.2, 0.25) is 0 Å². The smallest absolute Gasteiger partial charge is 0.261 e. The maximum absolute atomic E-state index is 12.3. The Hall–Kier alpha value is -1.36. The van der Waals surface area contributed by atoms with Gasteiger partial charge in [-0.3, -0.25) is 4.79 Å². The number of carbonyl (C=O) groups is 1. The molecule has 22 heavy (non-hydrogen) atoms. The molecule has 116 valence electrons. The lowest BCUT2D eigenvalue weighted by molar-refractivity contribution is 0.0714. The molecule has 0 saturated carbocycles. The van der Waals surface area contributed by atoms with E-state index >= 15 is 0 Å². The van der Waals surface area contributed by atoms with E-state index in [4.69, 9.17) is 16.3 Å². The van der Waals surface area contributed by atoms with Gasteiger partial charge in [0.1, 0.15) is 0 Å². The molecule has 3 rings (SSSR count). The number of rotatable bonds is 4. The van der Waals surface area contributed by atoms with Crippen molar-refractivity contribution in [1.29, 1.82) is 0 Å². The van der Waals surface area contributed by atoms with Crippen LogP contribution in [0.5, 0.6) is 0 Å². The van der Waals surface area contributed by atoms with Crippen molar-refractivity contribution >= 4 is 28.8 Å². The van der Waals surface area contributed by atoms with Gasteiger partial charge in [-0.25, -0.2) is 0 Å². The van der Waals surface area contributed by atoms with Crippen molar-refractivity contribution in [2.75, 3.05) is 6.61 Å². The van der Waals surface area contributed by atoms with Gasteiger partial charge in [-0.15, -0.1) is 11.3 Å². The van der Waals surface area contributed by atoms with Crippen molar-refractivity contribution in [2.45, 2.75) is 31.9 Å². The summed E-state index contributed by atoms with van der Waals surface area (Å²) in [6.07, 6.45) is 2.23. The van der Waals surface area contributed by atoms with Gasteiger partial charge in [-0.05, 0) is 49.6 Å². The summed E-state index contributed by atoms with van der Waals surface area (Å²) in [6, 6.07) is 11.5. The largest absolute Gasteiger partial charge is 0.376 e. The van der Waals surface area contributed by atoms with Crippen LogP contribution in [-0.2, 0) is 4.74 Å². The number of thiophene rings is 1. The third kappa shape index (κ3) is 3.51.